The van der Waals surface area contributed by atoms with Gasteiger partial charge >= 0.3 is 0 Å². The topological polar surface area (TPSA) is 58.6 Å². The highest BCUT2D eigenvalue weighted by Crippen LogP contribution is 2.06. The van der Waals surface area contributed by atoms with E-state index in [4.69, 9.17) is 4.74 Å². The molecule has 0 radical (unpaired) electrons. The number of methoxy groups -OCH3 is 1. The maximum absolute atomic E-state index is 11.8. The molecule has 1 N–H and O–H groups in total. The molecule has 5 nitrogen and oxygen atoms in total. The first-order valence-corrected chi connectivity index (χ1v) is 5.26. The Hall–Kier alpha value is -1.10. The standard InChI is InChI=1S/C10H18N2O3/c1-3-8-10(14)12(5-4-6-15-2)7-9(13)11-8/h8H,3-7H2,1-2H3,(H,11,13). The number of ether oxygens (including phenoxy) is 1. The van der Waals surface area contributed by atoms with Gasteiger partial charge in [-0.3, -0.25) is 9.59 Å². The number of nitrogens with zero attached hydrogens (tertiary/aromatic N) is 1. The molecule has 0 bridgehead atoms. The fourth-order valence-electron chi connectivity index (χ4n) is 1.64. The summed E-state index contributed by atoms with van der Waals surface area (Å²) in [5.41, 5.74) is 0. The van der Waals surface area contributed by atoms with Crippen LogP contribution >= 0.6 is 0 Å². The largest absolute Gasteiger partial charge is 0.385 e. The van der Waals surface area contributed by atoms with Crippen molar-refractivity contribution in [1.82, 2.24) is 10.2 Å². The molecule has 5 heteroatoms. The first-order chi connectivity index (χ1) is 7.19. The summed E-state index contributed by atoms with van der Waals surface area (Å²) in [4.78, 5) is 24.7. The van der Waals surface area contributed by atoms with Gasteiger partial charge in [-0.05, 0) is 12.8 Å². The van der Waals surface area contributed by atoms with Crippen LogP contribution in [0.2, 0.25) is 0 Å². The molecule has 0 aromatic carbocycles. The molecule has 1 aliphatic heterocycles. The summed E-state index contributed by atoms with van der Waals surface area (Å²) in [7, 11) is 1.62. The molecule has 2 amide bonds. The maximum Gasteiger partial charge on any atom is 0.245 e. The molecule has 86 valence electrons. The Morgan fingerprint density at radius 2 is 2.27 bits per heavy atom. The van der Waals surface area contributed by atoms with Crippen molar-refractivity contribution in [1.29, 1.82) is 0 Å². The van der Waals surface area contributed by atoms with E-state index >= 15 is 0 Å². The fraction of sp³-hybridized carbons (Fsp3) is 0.800. The summed E-state index contributed by atoms with van der Waals surface area (Å²) in [5.74, 6) is -0.0490. The second-order valence-corrected chi connectivity index (χ2v) is 3.63. The van der Waals surface area contributed by atoms with Gasteiger partial charge in [0.2, 0.25) is 11.8 Å². The quantitative estimate of drug-likeness (QED) is 0.643. The van der Waals surface area contributed by atoms with Crippen LogP contribution in [0.4, 0.5) is 0 Å². The van der Waals surface area contributed by atoms with Crippen LogP contribution in [0, 0.1) is 0 Å². The van der Waals surface area contributed by atoms with Crippen molar-refractivity contribution in [2.45, 2.75) is 25.8 Å². The van der Waals surface area contributed by atoms with Gasteiger partial charge in [0.05, 0.1) is 6.54 Å². The SMILES string of the molecule is CCC1NC(=O)CN(CCCOC)C1=O. The van der Waals surface area contributed by atoms with Crippen LogP contribution in [0.25, 0.3) is 0 Å². The van der Waals surface area contributed by atoms with Gasteiger partial charge in [0.25, 0.3) is 0 Å². The average molecular weight is 214 g/mol. The molecule has 1 saturated heterocycles. The second-order valence-electron chi connectivity index (χ2n) is 3.63. The Morgan fingerprint density at radius 1 is 1.53 bits per heavy atom. The van der Waals surface area contributed by atoms with E-state index in [1.807, 2.05) is 6.92 Å². The molecule has 15 heavy (non-hydrogen) atoms. The third-order valence-electron chi connectivity index (χ3n) is 2.46. The van der Waals surface area contributed by atoms with Gasteiger partial charge in [-0.25, -0.2) is 0 Å². The van der Waals surface area contributed by atoms with Crippen LogP contribution < -0.4 is 5.32 Å². The molecule has 0 saturated carbocycles. The van der Waals surface area contributed by atoms with Gasteiger partial charge in [0.1, 0.15) is 6.04 Å². The molecule has 1 atom stereocenters. The monoisotopic (exact) mass is 214 g/mol. The third kappa shape index (κ3) is 3.20. The lowest BCUT2D eigenvalue weighted by Crippen LogP contribution is -2.57. The molecule has 1 fully saturated rings. The van der Waals surface area contributed by atoms with E-state index in [2.05, 4.69) is 5.32 Å². The van der Waals surface area contributed by atoms with Gasteiger partial charge in [-0.1, -0.05) is 6.92 Å². The predicted octanol–water partition coefficient (Wildman–Crippen LogP) is -0.240. The van der Waals surface area contributed by atoms with Gasteiger partial charge in [-0.2, -0.15) is 0 Å². The van der Waals surface area contributed by atoms with Gasteiger partial charge in [0, 0.05) is 20.3 Å². The second kappa shape index (κ2) is 5.70. The van der Waals surface area contributed by atoms with Gasteiger partial charge < -0.3 is 15.0 Å². The molecule has 1 unspecified atom stereocenters. The normalized spacial score (nSPS) is 21.7. The number of carbonyl (C=O) groups is 2. The van der Waals surface area contributed by atoms with E-state index in [-0.39, 0.29) is 24.4 Å². The van der Waals surface area contributed by atoms with E-state index in [0.29, 0.717) is 19.6 Å². The van der Waals surface area contributed by atoms with Crippen molar-refractivity contribution in [3.63, 3.8) is 0 Å². The van der Waals surface area contributed by atoms with Crippen LogP contribution in [-0.4, -0.2) is 49.6 Å². The highest BCUT2D eigenvalue weighted by atomic mass is 16.5. The molecule has 0 aromatic rings. The van der Waals surface area contributed by atoms with Crippen LogP contribution in [0.1, 0.15) is 19.8 Å². The summed E-state index contributed by atoms with van der Waals surface area (Å²) in [6.45, 7) is 3.28. The molecular formula is C10H18N2O3. The van der Waals surface area contributed by atoms with Crippen molar-refractivity contribution in [2.75, 3.05) is 26.8 Å². The molecule has 0 spiro atoms. The Balaban J connectivity index is 2.47. The number of rotatable bonds is 5. The first-order valence-electron chi connectivity index (χ1n) is 5.26. The Morgan fingerprint density at radius 3 is 2.87 bits per heavy atom. The highest BCUT2D eigenvalue weighted by Gasteiger charge is 2.30. The van der Waals surface area contributed by atoms with E-state index in [0.717, 1.165) is 6.42 Å². The van der Waals surface area contributed by atoms with E-state index < -0.39 is 0 Å². The van der Waals surface area contributed by atoms with Crippen molar-refractivity contribution in [3.05, 3.63) is 0 Å². The summed E-state index contributed by atoms with van der Waals surface area (Å²) in [5, 5.41) is 2.67. The smallest absolute Gasteiger partial charge is 0.245 e. The van der Waals surface area contributed by atoms with Gasteiger partial charge in [0.15, 0.2) is 0 Å². The summed E-state index contributed by atoms with van der Waals surface area (Å²) < 4.78 is 4.91. The van der Waals surface area contributed by atoms with Crippen LogP contribution in [-0.2, 0) is 14.3 Å². The number of hydrogen-bond acceptors (Lipinski definition) is 3. The number of nitrogens with one attached hydrogen (secondary N) is 1. The molecule has 1 rings (SSSR count). The summed E-state index contributed by atoms with van der Waals surface area (Å²) in [6.07, 6.45) is 1.41. The minimum atomic E-state index is -0.339. The van der Waals surface area contributed by atoms with Crippen LogP contribution in [0.15, 0.2) is 0 Å². The van der Waals surface area contributed by atoms with Crippen molar-refractivity contribution >= 4 is 11.8 Å². The van der Waals surface area contributed by atoms with Gasteiger partial charge in [-0.15, -0.1) is 0 Å². The van der Waals surface area contributed by atoms with E-state index in [9.17, 15) is 9.59 Å². The number of hydrogen-bond donors (Lipinski definition) is 1. The number of piperazine rings is 1. The van der Waals surface area contributed by atoms with Crippen LogP contribution in [0.3, 0.4) is 0 Å². The minimum absolute atomic E-state index is 0.0215. The average Bonchev–Trinajstić information content (AvgIpc) is 2.23. The Bertz CT molecular complexity index is 243. The molecule has 1 aliphatic rings. The van der Waals surface area contributed by atoms with Crippen molar-refractivity contribution < 1.29 is 14.3 Å². The summed E-state index contributed by atoms with van der Waals surface area (Å²) >= 11 is 0. The van der Waals surface area contributed by atoms with Crippen LogP contribution in [0.5, 0.6) is 0 Å². The lowest BCUT2D eigenvalue weighted by Gasteiger charge is -2.31. The van der Waals surface area contributed by atoms with E-state index in [1.165, 1.54) is 0 Å². The van der Waals surface area contributed by atoms with E-state index in [1.54, 1.807) is 12.0 Å². The zero-order chi connectivity index (χ0) is 11.3. The molecule has 0 aromatic heterocycles. The zero-order valence-corrected chi connectivity index (χ0v) is 9.28. The number of carbonyl (C=O) groups excluding carboxylic acids is 2. The molecule has 0 aliphatic carbocycles. The maximum atomic E-state index is 11.8. The van der Waals surface area contributed by atoms with Crippen molar-refractivity contribution in [3.8, 4) is 0 Å². The Kier molecular flexibility index (Phi) is 4.55. The lowest BCUT2D eigenvalue weighted by molar-refractivity contribution is -0.144. The molecular weight excluding hydrogens is 196 g/mol. The Labute approximate surface area is 89.8 Å². The predicted molar refractivity (Wildman–Crippen MR) is 55.3 cm³/mol. The first kappa shape index (κ1) is 12.0. The molecule has 1 heterocycles. The third-order valence-corrected chi connectivity index (χ3v) is 2.46. The summed E-state index contributed by atoms with van der Waals surface area (Å²) in [6, 6.07) is -0.339. The lowest BCUT2D eigenvalue weighted by atomic mass is 10.1. The minimum Gasteiger partial charge on any atom is -0.385 e. The highest BCUT2D eigenvalue weighted by molar-refractivity contribution is 5.94. The zero-order valence-electron chi connectivity index (χ0n) is 9.28. The fourth-order valence-corrected chi connectivity index (χ4v) is 1.64. The number of amides is 2. The van der Waals surface area contributed by atoms with Crippen molar-refractivity contribution in [2.24, 2.45) is 0 Å².